The quantitative estimate of drug-likeness (QED) is 0.529. The molecule has 0 spiro atoms. The number of hydrogen-bond acceptors (Lipinski definition) is 4. The maximum absolute atomic E-state index is 11.5. The molecule has 17 heavy (non-hydrogen) atoms. The van der Waals surface area contributed by atoms with Gasteiger partial charge in [-0.3, -0.25) is 4.79 Å². The summed E-state index contributed by atoms with van der Waals surface area (Å²) in [5.74, 6) is -0.00523. The Morgan fingerprint density at radius 3 is 2.76 bits per heavy atom. The first-order valence-corrected chi connectivity index (χ1v) is 6.22. The molecule has 0 saturated heterocycles. The SMILES string of the molecule is COCC(C)NC(=O)CNCC1(CCO)CC1. The van der Waals surface area contributed by atoms with Crippen LogP contribution in [-0.4, -0.2) is 50.5 Å². The van der Waals surface area contributed by atoms with Crippen LogP contribution in [0.4, 0.5) is 0 Å². The second kappa shape index (κ2) is 6.93. The van der Waals surface area contributed by atoms with E-state index in [1.54, 1.807) is 7.11 Å². The van der Waals surface area contributed by atoms with Crippen molar-refractivity contribution in [2.75, 3.05) is 33.4 Å². The second-order valence-electron chi connectivity index (χ2n) is 5.00. The summed E-state index contributed by atoms with van der Waals surface area (Å²) in [5.41, 5.74) is 0.257. The zero-order valence-electron chi connectivity index (χ0n) is 10.8. The lowest BCUT2D eigenvalue weighted by atomic mass is 10.0. The van der Waals surface area contributed by atoms with Gasteiger partial charge in [0.2, 0.25) is 5.91 Å². The molecule has 1 unspecified atom stereocenters. The van der Waals surface area contributed by atoms with Gasteiger partial charge >= 0.3 is 0 Å². The van der Waals surface area contributed by atoms with E-state index in [4.69, 9.17) is 9.84 Å². The van der Waals surface area contributed by atoms with Crippen LogP contribution in [0.25, 0.3) is 0 Å². The summed E-state index contributed by atoms with van der Waals surface area (Å²) in [4.78, 5) is 11.5. The standard InChI is InChI=1S/C12H24N2O3/c1-10(8-17-2)14-11(16)7-13-9-12(3-4-12)5-6-15/h10,13,15H,3-9H2,1-2H3,(H,14,16). The van der Waals surface area contributed by atoms with Crippen LogP contribution in [0.2, 0.25) is 0 Å². The van der Waals surface area contributed by atoms with Gasteiger partial charge in [0.25, 0.3) is 0 Å². The number of hydrogen-bond donors (Lipinski definition) is 3. The molecule has 0 bridgehead atoms. The van der Waals surface area contributed by atoms with Crippen molar-refractivity contribution in [3.63, 3.8) is 0 Å². The molecule has 0 aliphatic heterocycles. The van der Waals surface area contributed by atoms with Crippen LogP contribution in [0.1, 0.15) is 26.2 Å². The van der Waals surface area contributed by atoms with E-state index in [0.29, 0.717) is 13.2 Å². The van der Waals surface area contributed by atoms with E-state index in [1.165, 1.54) is 0 Å². The lowest BCUT2D eigenvalue weighted by molar-refractivity contribution is -0.121. The minimum Gasteiger partial charge on any atom is -0.396 e. The van der Waals surface area contributed by atoms with E-state index in [9.17, 15) is 4.79 Å². The summed E-state index contributed by atoms with van der Waals surface area (Å²) in [6, 6.07) is 0.0432. The van der Waals surface area contributed by atoms with Crippen molar-refractivity contribution in [1.82, 2.24) is 10.6 Å². The summed E-state index contributed by atoms with van der Waals surface area (Å²) < 4.78 is 4.94. The molecule has 1 saturated carbocycles. The second-order valence-corrected chi connectivity index (χ2v) is 5.00. The van der Waals surface area contributed by atoms with Gasteiger partial charge in [0, 0.05) is 26.3 Å². The number of amides is 1. The van der Waals surface area contributed by atoms with Gasteiger partial charge in [-0.25, -0.2) is 0 Å². The third-order valence-corrected chi connectivity index (χ3v) is 3.21. The Morgan fingerprint density at radius 1 is 1.53 bits per heavy atom. The lowest BCUT2D eigenvalue weighted by Gasteiger charge is -2.16. The van der Waals surface area contributed by atoms with Crippen LogP contribution < -0.4 is 10.6 Å². The van der Waals surface area contributed by atoms with E-state index >= 15 is 0 Å². The van der Waals surface area contributed by atoms with Gasteiger partial charge < -0.3 is 20.5 Å². The van der Waals surface area contributed by atoms with E-state index in [0.717, 1.165) is 25.8 Å². The van der Waals surface area contributed by atoms with Crippen LogP contribution in [0.15, 0.2) is 0 Å². The molecule has 1 amide bonds. The largest absolute Gasteiger partial charge is 0.396 e. The molecule has 5 nitrogen and oxygen atoms in total. The average Bonchev–Trinajstić information content (AvgIpc) is 2.99. The summed E-state index contributed by atoms with van der Waals surface area (Å²) in [6.45, 7) is 3.83. The number of nitrogens with one attached hydrogen (secondary N) is 2. The zero-order valence-corrected chi connectivity index (χ0v) is 10.8. The molecule has 1 atom stereocenters. The van der Waals surface area contributed by atoms with Crippen molar-refractivity contribution in [1.29, 1.82) is 0 Å². The molecular weight excluding hydrogens is 220 g/mol. The fraction of sp³-hybridized carbons (Fsp3) is 0.917. The minimum atomic E-state index is -0.00523. The maximum Gasteiger partial charge on any atom is 0.234 e. The average molecular weight is 244 g/mol. The van der Waals surface area contributed by atoms with Crippen LogP contribution in [0, 0.1) is 5.41 Å². The highest BCUT2D eigenvalue weighted by Gasteiger charge is 2.41. The van der Waals surface area contributed by atoms with Crippen molar-refractivity contribution >= 4 is 5.91 Å². The highest BCUT2D eigenvalue weighted by Crippen LogP contribution is 2.47. The summed E-state index contributed by atoms with van der Waals surface area (Å²) in [7, 11) is 1.62. The fourth-order valence-electron chi connectivity index (χ4n) is 1.99. The van der Waals surface area contributed by atoms with Crippen molar-refractivity contribution < 1.29 is 14.6 Å². The monoisotopic (exact) mass is 244 g/mol. The first kappa shape index (κ1) is 14.4. The van der Waals surface area contributed by atoms with Crippen LogP contribution in [-0.2, 0) is 9.53 Å². The van der Waals surface area contributed by atoms with Gasteiger partial charge in [0.05, 0.1) is 13.2 Å². The Morgan fingerprint density at radius 2 is 2.24 bits per heavy atom. The molecule has 100 valence electrons. The van der Waals surface area contributed by atoms with Gasteiger partial charge in [-0.1, -0.05) is 0 Å². The van der Waals surface area contributed by atoms with Crippen LogP contribution >= 0.6 is 0 Å². The zero-order chi connectivity index (χ0) is 12.7. The predicted molar refractivity (Wildman–Crippen MR) is 65.7 cm³/mol. The van der Waals surface area contributed by atoms with Crippen molar-refractivity contribution in [2.24, 2.45) is 5.41 Å². The van der Waals surface area contributed by atoms with E-state index < -0.39 is 0 Å². The summed E-state index contributed by atoms with van der Waals surface area (Å²) in [6.07, 6.45) is 3.15. The Labute approximate surface area is 103 Å². The van der Waals surface area contributed by atoms with E-state index in [-0.39, 0.29) is 24.0 Å². The Kier molecular flexibility index (Phi) is 5.88. The molecule has 0 aromatic carbocycles. The van der Waals surface area contributed by atoms with Gasteiger partial charge in [-0.2, -0.15) is 0 Å². The first-order valence-electron chi connectivity index (χ1n) is 6.22. The summed E-state index contributed by atoms with van der Waals surface area (Å²) in [5, 5.41) is 14.9. The molecule has 1 fully saturated rings. The number of carbonyl (C=O) groups excluding carboxylic acids is 1. The third-order valence-electron chi connectivity index (χ3n) is 3.21. The minimum absolute atomic E-state index is 0.00523. The number of carbonyl (C=O) groups is 1. The van der Waals surface area contributed by atoms with E-state index in [2.05, 4.69) is 10.6 Å². The highest BCUT2D eigenvalue weighted by molar-refractivity contribution is 5.78. The van der Waals surface area contributed by atoms with Crippen molar-refractivity contribution in [2.45, 2.75) is 32.2 Å². The molecular formula is C12H24N2O3. The normalized spacial score (nSPS) is 18.8. The molecule has 1 aliphatic rings. The van der Waals surface area contributed by atoms with Gasteiger partial charge in [-0.05, 0) is 31.6 Å². The van der Waals surface area contributed by atoms with Gasteiger partial charge in [0.1, 0.15) is 0 Å². The number of rotatable bonds is 9. The Hall–Kier alpha value is -0.650. The molecule has 0 radical (unpaired) electrons. The fourth-order valence-corrected chi connectivity index (χ4v) is 1.99. The topological polar surface area (TPSA) is 70.6 Å². The van der Waals surface area contributed by atoms with Gasteiger partial charge in [0.15, 0.2) is 0 Å². The predicted octanol–water partition coefficient (Wildman–Crippen LogP) is -0.110. The molecule has 5 heteroatoms. The van der Waals surface area contributed by atoms with E-state index in [1.807, 2.05) is 6.92 Å². The third kappa shape index (κ3) is 5.48. The van der Waals surface area contributed by atoms with Gasteiger partial charge in [-0.15, -0.1) is 0 Å². The number of ether oxygens (including phenoxy) is 1. The Bertz CT molecular complexity index is 242. The van der Waals surface area contributed by atoms with Crippen molar-refractivity contribution in [3.8, 4) is 0 Å². The molecule has 0 heterocycles. The molecule has 1 aliphatic carbocycles. The van der Waals surface area contributed by atoms with Crippen LogP contribution in [0.3, 0.4) is 0 Å². The maximum atomic E-state index is 11.5. The molecule has 3 N–H and O–H groups in total. The highest BCUT2D eigenvalue weighted by atomic mass is 16.5. The number of aliphatic hydroxyl groups excluding tert-OH is 1. The molecule has 1 rings (SSSR count). The molecule has 0 aromatic heterocycles. The smallest absolute Gasteiger partial charge is 0.234 e. The molecule has 0 aromatic rings. The summed E-state index contributed by atoms with van der Waals surface area (Å²) >= 11 is 0. The first-order chi connectivity index (χ1) is 8.12. The van der Waals surface area contributed by atoms with Crippen molar-refractivity contribution in [3.05, 3.63) is 0 Å². The van der Waals surface area contributed by atoms with Crippen LogP contribution in [0.5, 0.6) is 0 Å². The lowest BCUT2D eigenvalue weighted by Crippen LogP contribution is -2.42. The number of aliphatic hydroxyl groups is 1. The Balaban J connectivity index is 2.08. The number of methoxy groups -OCH3 is 1.